The number of para-hydroxylation sites is 1. The molecule has 11 aromatic rings. The minimum absolute atomic E-state index is 0.593. The normalized spacial score (nSPS) is 11.6. The van der Waals surface area contributed by atoms with Gasteiger partial charge in [0.1, 0.15) is 11.2 Å². The van der Waals surface area contributed by atoms with Crippen LogP contribution in [0.25, 0.3) is 111 Å². The lowest BCUT2D eigenvalue weighted by Crippen LogP contribution is -2.00. The number of hydrogen-bond donors (Lipinski definition) is 0. The molecule has 256 valence electrons. The van der Waals surface area contributed by atoms with E-state index in [1.807, 2.05) is 12.1 Å². The van der Waals surface area contributed by atoms with Gasteiger partial charge in [0.2, 0.25) is 0 Å². The van der Waals surface area contributed by atoms with Crippen molar-refractivity contribution in [3.05, 3.63) is 188 Å². The number of hydrogen-bond acceptors (Lipinski definition) is 4. The Morgan fingerprint density at radius 2 is 0.818 bits per heavy atom. The van der Waals surface area contributed by atoms with Gasteiger partial charge in [-0.2, -0.15) is 0 Å². The molecule has 0 aliphatic rings. The van der Waals surface area contributed by atoms with E-state index < -0.39 is 0 Å². The first kappa shape index (κ1) is 31.1. The van der Waals surface area contributed by atoms with Gasteiger partial charge < -0.3 is 4.42 Å². The fourth-order valence-electron chi connectivity index (χ4n) is 7.98. The number of fused-ring (bicyclic) bond motifs is 6. The molecule has 2 heterocycles. The van der Waals surface area contributed by atoms with E-state index >= 15 is 0 Å². The maximum atomic E-state index is 6.70. The highest BCUT2D eigenvalue weighted by Gasteiger charge is 2.20. The smallest absolute Gasteiger partial charge is 0.164 e. The standard InChI is InChI=1S/C51H31N3O/c1-3-13-37-30-39(28-22-32(37)10-1)43-18-8-19-44-47-45(20-9-21-46(47)55-48(43)44)51-53-49(52-50(54-51)40-29-23-33-11-2-4-14-38(33)31-40)36-26-24-35(25-27-36)42-17-7-15-34-12-5-6-16-41(34)42/h1-31H. The van der Waals surface area contributed by atoms with E-state index in [-0.39, 0.29) is 0 Å². The lowest BCUT2D eigenvalue weighted by Gasteiger charge is -2.11. The zero-order chi connectivity index (χ0) is 36.3. The van der Waals surface area contributed by atoms with Crippen LogP contribution in [0.4, 0.5) is 0 Å². The van der Waals surface area contributed by atoms with Crippen molar-refractivity contribution in [1.29, 1.82) is 0 Å². The van der Waals surface area contributed by atoms with Gasteiger partial charge in [-0.25, -0.2) is 15.0 Å². The minimum Gasteiger partial charge on any atom is -0.455 e. The number of nitrogens with zero attached hydrogens (tertiary/aromatic N) is 3. The molecule has 0 aliphatic carbocycles. The second kappa shape index (κ2) is 12.6. The van der Waals surface area contributed by atoms with Gasteiger partial charge in [0.05, 0.1) is 0 Å². The lowest BCUT2D eigenvalue weighted by atomic mass is 9.97. The molecule has 0 saturated carbocycles. The quantitative estimate of drug-likeness (QED) is 0.179. The number of benzene rings is 9. The molecule has 11 rings (SSSR count). The summed E-state index contributed by atoms with van der Waals surface area (Å²) in [6, 6.07) is 65.8. The van der Waals surface area contributed by atoms with Crippen LogP contribution in [0.2, 0.25) is 0 Å². The summed E-state index contributed by atoms with van der Waals surface area (Å²) in [6.07, 6.45) is 0. The highest BCUT2D eigenvalue weighted by atomic mass is 16.3. The first-order valence-corrected chi connectivity index (χ1v) is 18.5. The van der Waals surface area contributed by atoms with Crippen molar-refractivity contribution in [2.45, 2.75) is 0 Å². The van der Waals surface area contributed by atoms with Crippen LogP contribution in [0, 0.1) is 0 Å². The second-order valence-electron chi connectivity index (χ2n) is 14.0. The predicted molar refractivity (Wildman–Crippen MR) is 227 cm³/mol. The van der Waals surface area contributed by atoms with Crippen LogP contribution in [0.5, 0.6) is 0 Å². The summed E-state index contributed by atoms with van der Waals surface area (Å²) in [5, 5.41) is 9.14. The fraction of sp³-hybridized carbons (Fsp3) is 0. The van der Waals surface area contributed by atoms with Gasteiger partial charge >= 0.3 is 0 Å². The third-order valence-corrected chi connectivity index (χ3v) is 10.7. The molecule has 4 nitrogen and oxygen atoms in total. The van der Waals surface area contributed by atoms with Crippen LogP contribution in [-0.4, -0.2) is 15.0 Å². The van der Waals surface area contributed by atoms with Gasteiger partial charge in [0, 0.05) is 33.0 Å². The highest BCUT2D eigenvalue weighted by molar-refractivity contribution is 6.15. The molecule has 0 spiro atoms. The number of aromatic nitrogens is 3. The van der Waals surface area contributed by atoms with Crippen molar-refractivity contribution in [2.24, 2.45) is 0 Å². The van der Waals surface area contributed by atoms with Crippen molar-refractivity contribution in [3.8, 4) is 56.4 Å². The molecule has 0 N–H and O–H groups in total. The van der Waals surface area contributed by atoms with Gasteiger partial charge in [-0.1, -0.05) is 170 Å². The summed E-state index contributed by atoms with van der Waals surface area (Å²) in [4.78, 5) is 15.5. The van der Waals surface area contributed by atoms with Crippen molar-refractivity contribution in [1.82, 2.24) is 15.0 Å². The zero-order valence-electron chi connectivity index (χ0n) is 29.6. The van der Waals surface area contributed by atoms with Crippen LogP contribution in [0.3, 0.4) is 0 Å². The van der Waals surface area contributed by atoms with Crippen LogP contribution >= 0.6 is 0 Å². The largest absolute Gasteiger partial charge is 0.455 e. The zero-order valence-corrected chi connectivity index (χ0v) is 29.6. The fourth-order valence-corrected chi connectivity index (χ4v) is 7.98. The predicted octanol–water partition coefficient (Wildman–Crippen LogP) is 13.6. The molecule has 9 aromatic carbocycles. The monoisotopic (exact) mass is 701 g/mol. The summed E-state index contributed by atoms with van der Waals surface area (Å²) < 4.78 is 6.70. The molecule has 4 heteroatoms. The van der Waals surface area contributed by atoms with Gasteiger partial charge in [-0.3, -0.25) is 0 Å². The summed E-state index contributed by atoms with van der Waals surface area (Å²) in [7, 11) is 0. The first-order chi connectivity index (χ1) is 27.2. The lowest BCUT2D eigenvalue weighted by molar-refractivity contribution is 0.670. The summed E-state index contributed by atoms with van der Waals surface area (Å²) >= 11 is 0. The van der Waals surface area contributed by atoms with E-state index in [0.717, 1.165) is 60.7 Å². The van der Waals surface area contributed by atoms with Crippen LogP contribution < -0.4 is 0 Å². The average Bonchev–Trinajstić information content (AvgIpc) is 3.65. The molecule has 2 aromatic heterocycles. The Hall–Kier alpha value is -7.43. The topological polar surface area (TPSA) is 51.8 Å². The van der Waals surface area contributed by atoms with E-state index in [1.54, 1.807) is 0 Å². The van der Waals surface area contributed by atoms with Crippen LogP contribution in [0.15, 0.2) is 192 Å². The average molecular weight is 702 g/mol. The van der Waals surface area contributed by atoms with Crippen molar-refractivity contribution >= 4 is 54.3 Å². The van der Waals surface area contributed by atoms with Crippen molar-refractivity contribution in [3.63, 3.8) is 0 Å². The van der Waals surface area contributed by atoms with E-state index in [4.69, 9.17) is 19.4 Å². The van der Waals surface area contributed by atoms with E-state index in [9.17, 15) is 0 Å². The van der Waals surface area contributed by atoms with Gasteiger partial charge in [-0.05, 0) is 67.2 Å². The Labute approximate surface area is 317 Å². The molecule has 0 unspecified atom stereocenters. The molecule has 0 amide bonds. The molecular weight excluding hydrogens is 671 g/mol. The van der Waals surface area contributed by atoms with Crippen molar-refractivity contribution in [2.75, 3.05) is 0 Å². The Morgan fingerprint density at radius 3 is 1.60 bits per heavy atom. The SMILES string of the molecule is c1ccc2cc(-c3nc(-c4ccc(-c5cccc6ccccc56)cc4)nc(-c4cccc5oc6c(-c7ccc8ccccc8c7)cccc6c45)n3)ccc2c1. The Morgan fingerprint density at radius 1 is 0.309 bits per heavy atom. The van der Waals surface area contributed by atoms with E-state index in [1.165, 1.54) is 32.5 Å². The molecule has 0 fully saturated rings. The van der Waals surface area contributed by atoms with Gasteiger partial charge in [0.25, 0.3) is 0 Å². The first-order valence-electron chi connectivity index (χ1n) is 18.5. The third-order valence-electron chi connectivity index (χ3n) is 10.7. The van der Waals surface area contributed by atoms with Gasteiger partial charge in [-0.15, -0.1) is 0 Å². The minimum atomic E-state index is 0.593. The Kier molecular flexibility index (Phi) is 7.14. The highest BCUT2D eigenvalue weighted by Crippen LogP contribution is 2.41. The van der Waals surface area contributed by atoms with E-state index in [2.05, 4.69) is 176 Å². The van der Waals surface area contributed by atoms with Crippen LogP contribution in [-0.2, 0) is 0 Å². The molecule has 0 aliphatic heterocycles. The molecule has 0 radical (unpaired) electrons. The molecule has 0 bridgehead atoms. The van der Waals surface area contributed by atoms with Crippen molar-refractivity contribution < 1.29 is 4.42 Å². The van der Waals surface area contributed by atoms with E-state index in [0.29, 0.717) is 17.5 Å². The maximum Gasteiger partial charge on any atom is 0.164 e. The molecular formula is C51H31N3O. The van der Waals surface area contributed by atoms with Gasteiger partial charge in [0.15, 0.2) is 17.5 Å². The summed E-state index contributed by atoms with van der Waals surface area (Å²) in [6.45, 7) is 0. The molecule has 0 saturated heterocycles. The molecule has 55 heavy (non-hydrogen) atoms. The maximum absolute atomic E-state index is 6.70. The number of rotatable bonds is 5. The summed E-state index contributed by atoms with van der Waals surface area (Å²) in [5.74, 6) is 1.82. The third kappa shape index (κ3) is 5.34. The second-order valence-corrected chi connectivity index (χ2v) is 14.0. The van der Waals surface area contributed by atoms with Crippen LogP contribution in [0.1, 0.15) is 0 Å². The Bertz CT molecular complexity index is 3270. The Balaban J connectivity index is 1.09. The summed E-state index contributed by atoms with van der Waals surface area (Å²) in [5.41, 5.74) is 8.85. The number of furan rings is 1. The molecule has 0 atom stereocenters.